The molecular formula is C8H15FN2O. The van der Waals surface area contributed by atoms with Crippen molar-refractivity contribution in [2.24, 2.45) is 0 Å². The second-order valence-corrected chi connectivity index (χ2v) is 3.31. The van der Waals surface area contributed by atoms with E-state index in [0.717, 1.165) is 0 Å². The molecule has 0 spiro atoms. The number of piperidine rings is 1. The number of carbonyl (C=O) groups excluding carboxylic acids is 1. The van der Waals surface area contributed by atoms with Gasteiger partial charge < -0.3 is 10.6 Å². The van der Waals surface area contributed by atoms with Gasteiger partial charge >= 0.3 is 0 Å². The Balaban J connectivity index is 2.31. The van der Waals surface area contributed by atoms with Gasteiger partial charge in [-0.2, -0.15) is 0 Å². The smallest absolute Gasteiger partial charge is 0.216 e. The molecule has 0 aromatic rings. The Labute approximate surface area is 71.7 Å². The highest BCUT2D eigenvalue weighted by atomic mass is 19.1. The molecule has 1 heterocycles. The Bertz CT molecular complexity index is 166. The number of alkyl halides is 1. The van der Waals surface area contributed by atoms with Crippen LogP contribution in [-0.2, 0) is 4.79 Å². The van der Waals surface area contributed by atoms with Crippen LogP contribution in [0.2, 0.25) is 0 Å². The molecule has 1 saturated heterocycles. The van der Waals surface area contributed by atoms with E-state index in [4.69, 9.17) is 0 Å². The molecule has 0 aromatic heterocycles. The normalized spacial score (nSPS) is 21.8. The van der Waals surface area contributed by atoms with E-state index >= 15 is 0 Å². The molecule has 1 fully saturated rings. The quantitative estimate of drug-likeness (QED) is 0.628. The van der Waals surface area contributed by atoms with Crippen LogP contribution in [0.25, 0.3) is 0 Å². The Hall–Kier alpha value is -0.640. The van der Waals surface area contributed by atoms with Crippen molar-refractivity contribution in [2.45, 2.75) is 25.4 Å². The van der Waals surface area contributed by atoms with E-state index in [1.165, 1.54) is 6.92 Å². The number of halogens is 1. The molecule has 0 atom stereocenters. The minimum Gasteiger partial charge on any atom is -0.353 e. The van der Waals surface area contributed by atoms with Gasteiger partial charge in [0.15, 0.2) is 0 Å². The van der Waals surface area contributed by atoms with Gasteiger partial charge in [0.1, 0.15) is 5.67 Å². The minimum absolute atomic E-state index is 0.157. The first-order chi connectivity index (χ1) is 5.62. The fraction of sp³-hybridized carbons (Fsp3) is 0.875. The summed E-state index contributed by atoms with van der Waals surface area (Å²) in [5, 5.41) is 5.59. The molecule has 0 bridgehead atoms. The summed E-state index contributed by atoms with van der Waals surface area (Å²) in [5.74, 6) is -0.162. The predicted octanol–water partition coefficient (Wildman–Crippen LogP) is 0.214. The van der Waals surface area contributed by atoms with E-state index < -0.39 is 5.67 Å². The second kappa shape index (κ2) is 3.85. The van der Waals surface area contributed by atoms with Crippen LogP contribution in [0.1, 0.15) is 19.8 Å². The van der Waals surface area contributed by atoms with Crippen molar-refractivity contribution in [3.05, 3.63) is 0 Å². The maximum Gasteiger partial charge on any atom is 0.216 e. The van der Waals surface area contributed by atoms with E-state index in [0.29, 0.717) is 25.9 Å². The van der Waals surface area contributed by atoms with Gasteiger partial charge in [-0.1, -0.05) is 0 Å². The second-order valence-electron chi connectivity index (χ2n) is 3.31. The average molecular weight is 174 g/mol. The Morgan fingerprint density at radius 2 is 2.17 bits per heavy atom. The summed E-state index contributed by atoms with van der Waals surface area (Å²) in [4.78, 5) is 10.5. The number of hydrogen-bond acceptors (Lipinski definition) is 2. The molecule has 0 aliphatic carbocycles. The van der Waals surface area contributed by atoms with Crippen LogP contribution in [-0.4, -0.2) is 31.2 Å². The van der Waals surface area contributed by atoms with Crippen LogP contribution in [0, 0.1) is 0 Å². The predicted molar refractivity (Wildman–Crippen MR) is 44.6 cm³/mol. The van der Waals surface area contributed by atoms with Gasteiger partial charge in [0.05, 0.1) is 6.54 Å². The van der Waals surface area contributed by atoms with E-state index in [-0.39, 0.29) is 12.5 Å². The molecule has 1 aliphatic heterocycles. The highest BCUT2D eigenvalue weighted by Crippen LogP contribution is 2.21. The molecule has 1 amide bonds. The molecule has 3 nitrogen and oxygen atoms in total. The van der Waals surface area contributed by atoms with Crippen LogP contribution < -0.4 is 10.6 Å². The Morgan fingerprint density at radius 3 is 2.67 bits per heavy atom. The standard InChI is InChI=1S/C8H15FN2O/c1-7(12)11-6-8(9)2-4-10-5-3-8/h10H,2-6H2,1H3,(H,11,12). The summed E-state index contributed by atoms with van der Waals surface area (Å²) in [6, 6.07) is 0. The molecule has 0 saturated carbocycles. The third kappa shape index (κ3) is 2.77. The van der Waals surface area contributed by atoms with Crippen LogP contribution in [0.15, 0.2) is 0 Å². The third-order valence-electron chi connectivity index (χ3n) is 2.15. The van der Waals surface area contributed by atoms with Gasteiger partial charge in [0, 0.05) is 6.92 Å². The maximum atomic E-state index is 13.7. The monoisotopic (exact) mass is 174 g/mol. The fourth-order valence-electron chi connectivity index (χ4n) is 1.33. The van der Waals surface area contributed by atoms with Crippen LogP contribution in [0.3, 0.4) is 0 Å². The van der Waals surface area contributed by atoms with Crippen molar-refractivity contribution in [3.63, 3.8) is 0 Å². The molecule has 0 unspecified atom stereocenters. The van der Waals surface area contributed by atoms with Crippen molar-refractivity contribution < 1.29 is 9.18 Å². The highest BCUT2D eigenvalue weighted by Gasteiger charge is 2.31. The third-order valence-corrected chi connectivity index (χ3v) is 2.15. The molecule has 4 heteroatoms. The fourth-order valence-corrected chi connectivity index (χ4v) is 1.33. The van der Waals surface area contributed by atoms with Gasteiger partial charge in [-0.05, 0) is 25.9 Å². The molecular weight excluding hydrogens is 159 g/mol. The van der Waals surface area contributed by atoms with Gasteiger partial charge in [-0.3, -0.25) is 4.79 Å². The molecule has 70 valence electrons. The van der Waals surface area contributed by atoms with Crippen LogP contribution in [0.5, 0.6) is 0 Å². The van der Waals surface area contributed by atoms with Gasteiger partial charge in [0.2, 0.25) is 5.91 Å². The minimum atomic E-state index is -1.18. The number of hydrogen-bond donors (Lipinski definition) is 2. The van der Waals surface area contributed by atoms with Crippen molar-refractivity contribution in [2.75, 3.05) is 19.6 Å². The van der Waals surface area contributed by atoms with Crippen molar-refractivity contribution >= 4 is 5.91 Å². The lowest BCUT2D eigenvalue weighted by Crippen LogP contribution is -2.46. The summed E-state index contributed by atoms with van der Waals surface area (Å²) in [5.41, 5.74) is -1.18. The van der Waals surface area contributed by atoms with Crippen LogP contribution in [0.4, 0.5) is 4.39 Å². The first kappa shape index (κ1) is 9.45. The molecule has 12 heavy (non-hydrogen) atoms. The number of carbonyl (C=O) groups is 1. The van der Waals surface area contributed by atoms with E-state index in [9.17, 15) is 9.18 Å². The lowest BCUT2D eigenvalue weighted by molar-refractivity contribution is -0.119. The zero-order valence-electron chi connectivity index (χ0n) is 7.32. The topological polar surface area (TPSA) is 41.1 Å². The summed E-state index contributed by atoms with van der Waals surface area (Å²) in [6.45, 7) is 2.97. The summed E-state index contributed by atoms with van der Waals surface area (Å²) >= 11 is 0. The Kier molecular flexibility index (Phi) is 3.03. The van der Waals surface area contributed by atoms with Gasteiger partial charge in [-0.25, -0.2) is 4.39 Å². The molecule has 2 N–H and O–H groups in total. The average Bonchev–Trinajstić information content (AvgIpc) is 2.03. The summed E-state index contributed by atoms with van der Waals surface area (Å²) in [7, 11) is 0. The van der Waals surface area contributed by atoms with E-state index in [1.54, 1.807) is 0 Å². The maximum absolute atomic E-state index is 13.7. The molecule has 1 aliphatic rings. The van der Waals surface area contributed by atoms with Crippen LogP contribution >= 0.6 is 0 Å². The van der Waals surface area contributed by atoms with E-state index in [1.807, 2.05) is 0 Å². The van der Waals surface area contributed by atoms with Crippen molar-refractivity contribution in [3.8, 4) is 0 Å². The van der Waals surface area contributed by atoms with Crippen molar-refractivity contribution in [1.29, 1.82) is 0 Å². The Morgan fingerprint density at radius 1 is 1.58 bits per heavy atom. The zero-order valence-corrected chi connectivity index (χ0v) is 7.32. The largest absolute Gasteiger partial charge is 0.353 e. The lowest BCUT2D eigenvalue weighted by Gasteiger charge is -2.29. The lowest BCUT2D eigenvalue weighted by atomic mass is 9.94. The first-order valence-electron chi connectivity index (χ1n) is 4.26. The molecule has 0 aromatic carbocycles. The first-order valence-corrected chi connectivity index (χ1v) is 4.26. The molecule has 1 rings (SSSR count). The van der Waals surface area contributed by atoms with Gasteiger partial charge in [-0.15, -0.1) is 0 Å². The number of amides is 1. The summed E-state index contributed by atoms with van der Waals surface area (Å²) < 4.78 is 13.7. The zero-order chi connectivity index (χ0) is 9.03. The van der Waals surface area contributed by atoms with Crippen molar-refractivity contribution in [1.82, 2.24) is 10.6 Å². The SMILES string of the molecule is CC(=O)NCC1(F)CCNCC1. The van der Waals surface area contributed by atoms with Gasteiger partial charge in [0.25, 0.3) is 0 Å². The van der Waals surface area contributed by atoms with E-state index in [2.05, 4.69) is 10.6 Å². The highest BCUT2D eigenvalue weighted by molar-refractivity contribution is 5.72. The number of nitrogens with one attached hydrogen (secondary N) is 2. The molecule has 0 radical (unpaired) electrons. The number of rotatable bonds is 2. The summed E-state index contributed by atoms with van der Waals surface area (Å²) in [6.07, 6.45) is 0.987.